The van der Waals surface area contributed by atoms with Crippen molar-refractivity contribution in [3.63, 3.8) is 0 Å². The van der Waals surface area contributed by atoms with Crippen molar-refractivity contribution < 1.29 is 13.6 Å². The van der Waals surface area contributed by atoms with Gasteiger partial charge >= 0.3 is 7.60 Å². The van der Waals surface area contributed by atoms with Gasteiger partial charge in [-0.3, -0.25) is 4.57 Å². The summed E-state index contributed by atoms with van der Waals surface area (Å²) in [7, 11) is -0.417. The van der Waals surface area contributed by atoms with E-state index >= 15 is 0 Å². The first-order valence-corrected chi connectivity index (χ1v) is 6.37. The van der Waals surface area contributed by atoms with Crippen LogP contribution in [0, 0.1) is 0 Å². The van der Waals surface area contributed by atoms with Crippen LogP contribution in [0.4, 0.5) is 0 Å². The van der Waals surface area contributed by atoms with Gasteiger partial charge in [-0.25, -0.2) is 0 Å². The molecule has 3 nitrogen and oxygen atoms in total. The van der Waals surface area contributed by atoms with Crippen LogP contribution in [0.3, 0.4) is 0 Å². The summed E-state index contributed by atoms with van der Waals surface area (Å²) in [6.07, 6.45) is 1.75. The van der Waals surface area contributed by atoms with Gasteiger partial charge in [0.2, 0.25) is 0 Å². The van der Waals surface area contributed by atoms with Gasteiger partial charge in [0.1, 0.15) is 0 Å². The molecular formula is C12H15O3P. The maximum absolute atomic E-state index is 11.9. The Kier molecular flexibility index (Phi) is 4.72. The van der Waals surface area contributed by atoms with E-state index < -0.39 is 7.60 Å². The second-order valence-corrected chi connectivity index (χ2v) is 5.54. The zero-order valence-electron chi connectivity index (χ0n) is 9.64. The fourth-order valence-corrected chi connectivity index (χ4v) is 2.08. The molecule has 16 heavy (non-hydrogen) atoms. The minimum atomic E-state index is -3.13. The van der Waals surface area contributed by atoms with E-state index in [1.165, 1.54) is 14.2 Å². The Labute approximate surface area is 95.9 Å². The highest BCUT2D eigenvalue weighted by atomic mass is 31.2. The van der Waals surface area contributed by atoms with Crippen molar-refractivity contribution in [1.82, 2.24) is 0 Å². The summed E-state index contributed by atoms with van der Waals surface area (Å²) in [5.74, 6) is 0. The maximum Gasteiger partial charge on any atom is 0.364 e. The van der Waals surface area contributed by atoms with Crippen molar-refractivity contribution in [3.05, 3.63) is 46.9 Å². The van der Waals surface area contributed by atoms with Gasteiger partial charge in [-0.1, -0.05) is 30.3 Å². The van der Waals surface area contributed by atoms with Gasteiger partial charge in [0.25, 0.3) is 0 Å². The predicted molar refractivity (Wildman–Crippen MR) is 65.2 cm³/mol. The van der Waals surface area contributed by atoms with Crippen LogP contribution in [-0.2, 0) is 13.6 Å². The molecular weight excluding hydrogens is 223 g/mol. The SMILES string of the molecule is COP(=O)(OC)C(C)=C=Cc1ccccc1. The molecule has 0 bridgehead atoms. The van der Waals surface area contributed by atoms with Crippen LogP contribution in [0.5, 0.6) is 0 Å². The topological polar surface area (TPSA) is 35.5 Å². The van der Waals surface area contributed by atoms with Crippen LogP contribution in [0.25, 0.3) is 6.08 Å². The Morgan fingerprint density at radius 2 is 1.81 bits per heavy atom. The highest BCUT2D eigenvalue weighted by Crippen LogP contribution is 2.53. The van der Waals surface area contributed by atoms with E-state index in [4.69, 9.17) is 9.05 Å². The predicted octanol–water partition coefficient (Wildman–Crippen LogP) is 3.69. The van der Waals surface area contributed by atoms with Crippen molar-refractivity contribution in [2.75, 3.05) is 14.2 Å². The zero-order valence-corrected chi connectivity index (χ0v) is 10.5. The molecule has 0 heterocycles. The molecule has 0 amide bonds. The lowest BCUT2D eigenvalue weighted by Crippen LogP contribution is -1.88. The number of hydrogen-bond donors (Lipinski definition) is 0. The van der Waals surface area contributed by atoms with Gasteiger partial charge in [-0.05, 0) is 18.6 Å². The molecule has 0 atom stereocenters. The highest BCUT2D eigenvalue weighted by molar-refractivity contribution is 7.58. The first-order chi connectivity index (χ1) is 7.62. The number of benzene rings is 1. The molecule has 0 radical (unpaired) electrons. The van der Waals surface area contributed by atoms with E-state index in [2.05, 4.69) is 5.73 Å². The normalized spacial score (nSPS) is 10.7. The Bertz CT molecular complexity index is 437. The third-order valence-corrected chi connectivity index (χ3v) is 4.05. The van der Waals surface area contributed by atoms with E-state index in [-0.39, 0.29) is 0 Å². The molecule has 0 aliphatic rings. The van der Waals surface area contributed by atoms with Crippen LogP contribution in [0.15, 0.2) is 41.4 Å². The van der Waals surface area contributed by atoms with Gasteiger partial charge in [0.05, 0.1) is 5.31 Å². The van der Waals surface area contributed by atoms with E-state index in [9.17, 15) is 4.57 Å². The molecule has 0 aliphatic carbocycles. The van der Waals surface area contributed by atoms with Crippen molar-refractivity contribution in [3.8, 4) is 0 Å². The van der Waals surface area contributed by atoms with Gasteiger partial charge < -0.3 is 9.05 Å². The quantitative estimate of drug-likeness (QED) is 0.592. The lowest BCUT2D eigenvalue weighted by atomic mass is 10.2. The Morgan fingerprint density at radius 3 is 2.31 bits per heavy atom. The molecule has 1 aromatic carbocycles. The summed E-state index contributed by atoms with van der Waals surface area (Å²) < 4.78 is 21.6. The fourth-order valence-electron chi connectivity index (χ4n) is 1.16. The first-order valence-electron chi connectivity index (χ1n) is 4.83. The van der Waals surface area contributed by atoms with Crippen molar-refractivity contribution >= 4 is 13.7 Å². The second-order valence-electron chi connectivity index (χ2n) is 3.15. The summed E-state index contributed by atoms with van der Waals surface area (Å²) in [5, 5.41) is 0.460. The third kappa shape index (κ3) is 3.19. The second kappa shape index (κ2) is 5.83. The van der Waals surface area contributed by atoms with Gasteiger partial charge in [-0.2, -0.15) is 0 Å². The molecule has 0 aliphatic heterocycles. The van der Waals surface area contributed by atoms with E-state index in [1.54, 1.807) is 13.0 Å². The standard InChI is InChI=1S/C12H15O3P/c1-11(16(13,14-2)15-3)9-10-12-7-5-4-6-8-12/h4-8,10H,1-3H3. The van der Waals surface area contributed by atoms with Crippen molar-refractivity contribution in [1.29, 1.82) is 0 Å². The lowest BCUT2D eigenvalue weighted by molar-refractivity contribution is 0.283. The number of hydrogen-bond acceptors (Lipinski definition) is 3. The van der Waals surface area contributed by atoms with Crippen LogP contribution in [-0.4, -0.2) is 14.2 Å². The molecule has 0 unspecified atom stereocenters. The summed E-state index contributed by atoms with van der Waals surface area (Å²) >= 11 is 0. The average molecular weight is 238 g/mol. The van der Waals surface area contributed by atoms with Crippen molar-refractivity contribution in [2.45, 2.75) is 6.92 Å². The third-order valence-electron chi connectivity index (χ3n) is 2.14. The summed E-state index contributed by atoms with van der Waals surface area (Å²) in [6.45, 7) is 1.67. The Balaban J connectivity index is 3.01. The largest absolute Gasteiger partial charge is 0.364 e. The summed E-state index contributed by atoms with van der Waals surface area (Å²) in [4.78, 5) is 0. The first kappa shape index (κ1) is 13.0. The fraction of sp³-hybridized carbons (Fsp3) is 0.250. The molecule has 0 saturated heterocycles. The average Bonchev–Trinajstić information content (AvgIpc) is 2.36. The molecule has 0 saturated carbocycles. The molecule has 0 fully saturated rings. The lowest BCUT2D eigenvalue weighted by Gasteiger charge is -2.11. The zero-order chi connectivity index (χ0) is 12.0. The van der Waals surface area contributed by atoms with Gasteiger partial charge in [-0.15, -0.1) is 5.73 Å². The monoisotopic (exact) mass is 238 g/mol. The van der Waals surface area contributed by atoms with Crippen LogP contribution in [0.1, 0.15) is 12.5 Å². The van der Waals surface area contributed by atoms with Crippen LogP contribution < -0.4 is 0 Å². The number of rotatable bonds is 4. The van der Waals surface area contributed by atoms with E-state index in [0.717, 1.165) is 5.56 Å². The molecule has 4 heteroatoms. The van der Waals surface area contributed by atoms with Crippen molar-refractivity contribution in [2.24, 2.45) is 0 Å². The Hall–Kier alpha value is -1.11. The maximum atomic E-state index is 11.9. The summed E-state index contributed by atoms with van der Waals surface area (Å²) in [6, 6.07) is 9.66. The molecule has 0 aromatic heterocycles. The molecule has 0 spiro atoms. The summed E-state index contributed by atoms with van der Waals surface area (Å²) in [5.41, 5.74) is 3.91. The van der Waals surface area contributed by atoms with Crippen LogP contribution >= 0.6 is 7.60 Å². The van der Waals surface area contributed by atoms with Crippen LogP contribution in [0.2, 0.25) is 0 Å². The molecule has 86 valence electrons. The minimum absolute atomic E-state index is 0.460. The minimum Gasteiger partial charge on any atom is -0.308 e. The highest BCUT2D eigenvalue weighted by Gasteiger charge is 2.23. The molecule has 1 aromatic rings. The smallest absolute Gasteiger partial charge is 0.308 e. The van der Waals surface area contributed by atoms with Gasteiger partial charge in [0, 0.05) is 14.2 Å². The van der Waals surface area contributed by atoms with E-state index in [1.807, 2.05) is 30.3 Å². The molecule has 1 rings (SSSR count). The number of allylic oxidation sites excluding steroid dienone is 1. The van der Waals surface area contributed by atoms with E-state index in [0.29, 0.717) is 5.31 Å². The van der Waals surface area contributed by atoms with Gasteiger partial charge in [0.15, 0.2) is 0 Å². The molecule has 0 N–H and O–H groups in total. The Morgan fingerprint density at radius 1 is 1.25 bits per heavy atom.